The van der Waals surface area contributed by atoms with E-state index in [1.165, 1.54) is 0 Å². The van der Waals surface area contributed by atoms with Crippen LogP contribution in [0.2, 0.25) is 0 Å². The second-order valence-corrected chi connectivity index (χ2v) is 9.72. The van der Waals surface area contributed by atoms with E-state index in [-0.39, 0.29) is 6.09 Å². The predicted molar refractivity (Wildman–Crippen MR) is 147 cm³/mol. The van der Waals surface area contributed by atoms with Crippen molar-refractivity contribution in [1.29, 1.82) is 0 Å². The molecule has 0 spiro atoms. The molecular weight excluding hydrogens is 468 g/mol. The van der Waals surface area contributed by atoms with E-state index in [4.69, 9.17) is 9.47 Å². The van der Waals surface area contributed by atoms with Crippen molar-refractivity contribution in [2.75, 3.05) is 50.6 Å². The summed E-state index contributed by atoms with van der Waals surface area (Å²) >= 11 is 0. The fourth-order valence-corrected chi connectivity index (χ4v) is 4.00. The number of methoxy groups -OCH3 is 1. The number of benzene rings is 1. The Labute approximate surface area is 218 Å². The molecule has 0 atom stereocenters. The lowest BCUT2D eigenvalue weighted by atomic mass is 10.1. The summed E-state index contributed by atoms with van der Waals surface area (Å²) in [6, 6.07) is 12.2. The van der Waals surface area contributed by atoms with Crippen LogP contribution < -0.4 is 15.0 Å². The molecule has 1 saturated heterocycles. The molecule has 1 aliphatic rings. The quantitative estimate of drug-likeness (QED) is 0.513. The average molecular weight is 503 g/mol. The highest BCUT2D eigenvalue weighted by Gasteiger charge is 2.25. The number of hydrogen-bond acceptors (Lipinski definition) is 8. The van der Waals surface area contributed by atoms with Crippen LogP contribution in [0.5, 0.6) is 5.88 Å². The van der Waals surface area contributed by atoms with Crippen LogP contribution in [0.25, 0.3) is 23.4 Å². The number of carbonyl (C=O) groups excluding carboxylic acids is 1. The smallest absolute Gasteiger partial charge is 0.410 e. The minimum absolute atomic E-state index is 0.246. The van der Waals surface area contributed by atoms with Crippen molar-refractivity contribution in [3.63, 3.8) is 0 Å². The molecule has 2 aromatic heterocycles. The van der Waals surface area contributed by atoms with Gasteiger partial charge in [0.15, 0.2) is 0 Å². The number of nitrogens with one attached hydrogen (secondary N) is 1. The summed E-state index contributed by atoms with van der Waals surface area (Å²) in [5.74, 6) is 1.10. The Hall–Kier alpha value is -4.14. The number of anilines is 2. The lowest BCUT2D eigenvalue weighted by Crippen LogP contribution is -2.50. The van der Waals surface area contributed by atoms with Gasteiger partial charge >= 0.3 is 6.09 Å². The Bertz CT molecular complexity index is 1250. The minimum Gasteiger partial charge on any atom is -0.481 e. The van der Waals surface area contributed by atoms with Gasteiger partial charge in [-0.3, -0.25) is 0 Å². The number of pyridine rings is 1. The summed E-state index contributed by atoms with van der Waals surface area (Å²) in [6.45, 7) is 8.48. The van der Waals surface area contributed by atoms with Gasteiger partial charge in [0.1, 0.15) is 5.60 Å². The Kier molecular flexibility index (Phi) is 7.91. The number of hydrogen-bond donors (Lipinski definition) is 1. The monoisotopic (exact) mass is 502 g/mol. The van der Waals surface area contributed by atoms with Crippen LogP contribution in [0.4, 0.5) is 16.4 Å². The van der Waals surface area contributed by atoms with E-state index in [0.29, 0.717) is 24.9 Å². The van der Waals surface area contributed by atoms with Crippen molar-refractivity contribution < 1.29 is 14.3 Å². The summed E-state index contributed by atoms with van der Waals surface area (Å²) in [4.78, 5) is 29.5. The lowest BCUT2D eigenvalue weighted by molar-refractivity contribution is 0.0240. The highest BCUT2D eigenvalue weighted by molar-refractivity contribution is 5.75. The van der Waals surface area contributed by atoms with Crippen molar-refractivity contribution >= 4 is 29.9 Å². The van der Waals surface area contributed by atoms with Crippen LogP contribution in [0, 0.1) is 0 Å². The highest BCUT2D eigenvalue weighted by Crippen LogP contribution is 2.26. The molecule has 0 saturated carbocycles. The molecule has 3 heterocycles. The van der Waals surface area contributed by atoms with Crippen LogP contribution in [0.15, 0.2) is 48.8 Å². The molecule has 9 nitrogen and oxygen atoms in total. The van der Waals surface area contributed by atoms with Crippen molar-refractivity contribution in [2.45, 2.75) is 26.4 Å². The van der Waals surface area contributed by atoms with E-state index < -0.39 is 5.60 Å². The van der Waals surface area contributed by atoms with E-state index in [0.717, 1.165) is 41.2 Å². The number of rotatable bonds is 6. The molecule has 1 aliphatic heterocycles. The summed E-state index contributed by atoms with van der Waals surface area (Å²) in [7, 11) is 3.40. The third-order valence-electron chi connectivity index (χ3n) is 5.89. The van der Waals surface area contributed by atoms with E-state index in [1.54, 1.807) is 31.5 Å². The van der Waals surface area contributed by atoms with Gasteiger partial charge in [0.2, 0.25) is 11.8 Å². The summed E-state index contributed by atoms with van der Waals surface area (Å²) in [5, 5.41) is 2.96. The molecule has 1 fully saturated rings. The van der Waals surface area contributed by atoms with Gasteiger partial charge in [-0.1, -0.05) is 18.2 Å². The van der Waals surface area contributed by atoms with Crippen LogP contribution >= 0.6 is 0 Å². The van der Waals surface area contributed by atoms with Crippen LogP contribution in [-0.2, 0) is 4.74 Å². The van der Waals surface area contributed by atoms with Crippen molar-refractivity contribution in [2.24, 2.45) is 0 Å². The maximum absolute atomic E-state index is 12.3. The molecule has 37 heavy (non-hydrogen) atoms. The first kappa shape index (κ1) is 25.9. The van der Waals surface area contributed by atoms with Gasteiger partial charge in [-0.05, 0) is 56.7 Å². The predicted octanol–water partition coefficient (Wildman–Crippen LogP) is 4.82. The fraction of sp³-hybridized carbons (Fsp3) is 0.357. The zero-order valence-corrected chi connectivity index (χ0v) is 22.1. The zero-order valence-electron chi connectivity index (χ0n) is 22.1. The maximum Gasteiger partial charge on any atom is 0.410 e. The number of ether oxygens (including phenoxy) is 2. The Morgan fingerprint density at radius 2 is 1.76 bits per heavy atom. The second kappa shape index (κ2) is 11.3. The third-order valence-corrected chi connectivity index (χ3v) is 5.89. The molecule has 0 unspecified atom stereocenters. The van der Waals surface area contributed by atoms with E-state index >= 15 is 0 Å². The zero-order chi connectivity index (χ0) is 26.4. The summed E-state index contributed by atoms with van der Waals surface area (Å²) in [6.07, 6.45) is 7.24. The lowest BCUT2D eigenvalue weighted by Gasteiger charge is -2.36. The van der Waals surface area contributed by atoms with Gasteiger partial charge < -0.3 is 24.6 Å². The van der Waals surface area contributed by atoms with Crippen LogP contribution in [0.3, 0.4) is 0 Å². The molecule has 0 aliphatic carbocycles. The van der Waals surface area contributed by atoms with Crippen molar-refractivity contribution in [1.82, 2.24) is 19.9 Å². The first-order chi connectivity index (χ1) is 17.8. The topological polar surface area (TPSA) is 92.7 Å². The molecule has 1 aromatic carbocycles. The molecule has 3 aromatic rings. The minimum atomic E-state index is -0.481. The normalized spacial score (nSPS) is 14.1. The standard InChI is InChI=1S/C28H34N6O3/c1-28(2,3)37-27(35)34-16-14-33(15-17-34)23-10-7-20(8-11-23)6-9-21-18-22(19-31-25(21)36-5)24-12-13-30-26(29-4)32-24/h6-13,18-19H,14-17H2,1-5H3,(H,29,30,32). The maximum atomic E-state index is 12.3. The Morgan fingerprint density at radius 3 is 2.41 bits per heavy atom. The van der Waals surface area contributed by atoms with Gasteiger partial charge in [-0.15, -0.1) is 0 Å². The van der Waals surface area contributed by atoms with Gasteiger partial charge in [0.05, 0.1) is 12.8 Å². The van der Waals surface area contributed by atoms with Gasteiger partial charge in [-0.25, -0.2) is 19.7 Å². The van der Waals surface area contributed by atoms with Gasteiger partial charge in [0.25, 0.3) is 0 Å². The summed E-state index contributed by atoms with van der Waals surface area (Å²) < 4.78 is 11.0. The molecule has 9 heteroatoms. The van der Waals surface area contributed by atoms with Crippen molar-refractivity contribution in [3.8, 4) is 17.1 Å². The van der Waals surface area contributed by atoms with Crippen LogP contribution in [0.1, 0.15) is 31.9 Å². The molecule has 0 radical (unpaired) electrons. The first-order valence-electron chi connectivity index (χ1n) is 12.3. The van der Waals surface area contributed by atoms with E-state index in [2.05, 4.69) is 49.4 Å². The first-order valence-corrected chi connectivity index (χ1v) is 12.3. The number of amides is 1. The second-order valence-electron chi connectivity index (χ2n) is 9.72. The fourth-order valence-electron chi connectivity index (χ4n) is 4.00. The average Bonchev–Trinajstić information content (AvgIpc) is 2.91. The summed E-state index contributed by atoms with van der Waals surface area (Å²) in [5.41, 5.74) is 4.21. The third kappa shape index (κ3) is 6.75. The van der Waals surface area contributed by atoms with Crippen molar-refractivity contribution in [3.05, 3.63) is 59.9 Å². The SMILES string of the molecule is CNc1nccc(-c2cnc(OC)c(C=Cc3ccc(N4CCN(C(=O)OC(C)(C)C)CC4)cc3)c2)n1. The largest absolute Gasteiger partial charge is 0.481 e. The van der Waals surface area contributed by atoms with Gasteiger partial charge in [-0.2, -0.15) is 0 Å². The number of nitrogens with zero attached hydrogens (tertiary/aromatic N) is 5. The number of aromatic nitrogens is 3. The highest BCUT2D eigenvalue weighted by atomic mass is 16.6. The molecule has 0 bridgehead atoms. The van der Waals surface area contributed by atoms with E-state index in [1.807, 2.05) is 45.1 Å². The van der Waals surface area contributed by atoms with E-state index in [9.17, 15) is 4.79 Å². The number of carbonyl (C=O) groups is 1. The molecule has 1 amide bonds. The van der Waals surface area contributed by atoms with Gasteiger partial charge in [0, 0.05) is 62.4 Å². The molecule has 4 rings (SSSR count). The molecule has 194 valence electrons. The molecular formula is C28H34N6O3. The van der Waals surface area contributed by atoms with Crippen LogP contribution in [-0.4, -0.2) is 71.9 Å². The molecule has 1 N–H and O–H groups in total. The Morgan fingerprint density at radius 1 is 1.03 bits per heavy atom. The number of piperazine rings is 1. The Balaban J connectivity index is 1.42.